The number of hydrogen-bond donors (Lipinski definition) is 2. The standard InChI is InChI=1S/C14H16FN3O2/c1-9(10-5-3-4-6-12(10)15)16-8-13-11(14(19)20)7-17-18(13)2/h3-7,9,16H,8H2,1-2H3,(H,19,20)/t9-/m1/s1. The molecule has 0 fully saturated rings. The quantitative estimate of drug-likeness (QED) is 0.878. The van der Waals surface area contributed by atoms with Crippen molar-refractivity contribution < 1.29 is 14.3 Å². The third-order valence-electron chi connectivity index (χ3n) is 3.24. The van der Waals surface area contributed by atoms with Crippen molar-refractivity contribution in [3.8, 4) is 0 Å². The third kappa shape index (κ3) is 2.85. The summed E-state index contributed by atoms with van der Waals surface area (Å²) in [7, 11) is 1.68. The van der Waals surface area contributed by atoms with Crippen molar-refractivity contribution in [1.82, 2.24) is 15.1 Å². The lowest BCUT2D eigenvalue weighted by Gasteiger charge is -2.15. The van der Waals surface area contributed by atoms with E-state index in [-0.39, 0.29) is 17.4 Å². The van der Waals surface area contributed by atoms with Crippen LogP contribution in [0.1, 0.15) is 34.6 Å². The lowest BCUT2D eigenvalue weighted by atomic mass is 10.1. The van der Waals surface area contributed by atoms with Crippen LogP contribution in [0.2, 0.25) is 0 Å². The molecule has 5 nitrogen and oxygen atoms in total. The maximum atomic E-state index is 13.6. The molecule has 2 aromatic rings. The third-order valence-corrected chi connectivity index (χ3v) is 3.24. The molecule has 0 aliphatic heterocycles. The molecule has 0 spiro atoms. The fraction of sp³-hybridized carbons (Fsp3) is 0.286. The van der Waals surface area contributed by atoms with Gasteiger partial charge in [0.25, 0.3) is 0 Å². The lowest BCUT2D eigenvalue weighted by Crippen LogP contribution is -2.22. The number of rotatable bonds is 5. The van der Waals surface area contributed by atoms with E-state index in [1.165, 1.54) is 16.9 Å². The molecule has 1 aromatic carbocycles. The Morgan fingerprint density at radius 1 is 1.50 bits per heavy atom. The molecular weight excluding hydrogens is 261 g/mol. The Morgan fingerprint density at radius 2 is 2.20 bits per heavy atom. The zero-order valence-corrected chi connectivity index (χ0v) is 11.3. The van der Waals surface area contributed by atoms with E-state index in [1.807, 2.05) is 6.92 Å². The van der Waals surface area contributed by atoms with Crippen molar-refractivity contribution in [2.24, 2.45) is 7.05 Å². The second-order valence-corrected chi connectivity index (χ2v) is 4.56. The van der Waals surface area contributed by atoms with Crippen LogP contribution < -0.4 is 5.32 Å². The SMILES string of the molecule is C[C@@H](NCc1c(C(=O)O)cnn1C)c1ccccc1F. The van der Waals surface area contributed by atoms with E-state index in [0.29, 0.717) is 17.8 Å². The van der Waals surface area contributed by atoms with Crippen LogP contribution in [0.15, 0.2) is 30.5 Å². The minimum atomic E-state index is -1.02. The van der Waals surface area contributed by atoms with Crippen molar-refractivity contribution in [3.63, 3.8) is 0 Å². The lowest BCUT2D eigenvalue weighted by molar-refractivity contribution is 0.0695. The topological polar surface area (TPSA) is 67.2 Å². The second kappa shape index (κ2) is 5.83. The molecule has 0 aliphatic rings. The van der Waals surface area contributed by atoms with E-state index in [4.69, 9.17) is 5.11 Å². The largest absolute Gasteiger partial charge is 0.478 e. The molecule has 2 N–H and O–H groups in total. The van der Waals surface area contributed by atoms with E-state index >= 15 is 0 Å². The number of carboxylic acids is 1. The Morgan fingerprint density at radius 3 is 2.85 bits per heavy atom. The normalized spacial score (nSPS) is 12.3. The number of nitrogens with zero attached hydrogens (tertiary/aromatic N) is 2. The highest BCUT2D eigenvalue weighted by Gasteiger charge is 2.16. The number of nitrogens with one attached hydrogen (secondary N) is 1. The summed E-state index contributed by atoms with van der Waals surface area (Å²) >= 11 is 0. The number of hydrogen-bond acceptors (Lipinski definition) is 3. The summed E-state index contributed by atoms with van der Waals surface area (Å²) in [6, 6.07) is 6.28. The number of aromatic nitrogens is 2. The van der Waals surface area contributed by atoms with Crippen LogP contribution in [0.4, 0.5) is 4.39 Å². The molecule has 1 atom stereocenters. The summed E-state index contributed by atoms with van der Waals surface area (Å²) in [5.74, 6) is -1.30. The molecule has 6 heteroatoms. The number of aryl methyl sites for hydroxylation is 1. The summed E-state index contributed by atoms with van der Waals surface area (Å²) in [5.41, 5.74) is 1.26. The Balaban J connectivity index is 2.11. The number of carbonyl (C=O) groups is 1. The van der Waals surface area contributed by atoms with E-state index in [1.54, 1.807) is 25.2 Å². The van der Waals surface area contributed by atoms with Gasteiger partial charge in [0.05, 0.1) is 11.9 Å². The Bertz CT molecular complexity index is 625. The molecule has 1 aromatic heterocycles. The van der Waals surface area contributed by atoms with Gasteiger partial charge in [-0.3, -0.25) is 4.68 Å². The van der Waals surface area contributed by atoms with Crippen LogP contribution in [0.25, 0.3) is 0 Å². The van der Waals surface area contributed by atoms with Crippen molar-refractivity contribution in [2.75, 3.05) is 0 Å². The zero-order chi connectivity index (χ0) is 14.7. The van der Waals surface area contributed by atoms with Gasteiger partial charge in [0.2, 0.25) is 0 Å². The first-order valence-corrected chi connectivity index (χ1v) is 6.22. The summed E-state index contributed by atoms with van der Waals surface area (Å²) in [5, 5.41) is 16.1. The summed E-state index contributed by atoms with van der Waals surface area (Å²) < 4.78 is 15.1. The van der Waals surface area contributed by atoms with E-state index < -0.39 is 5.97 Å². The smallest absolute Gasteiger partial charge is 0.339 e. The maximum Gasteiger partial charge on any atom is 0.339 e. The van der Waals surface area contributed by atoms with Crippen LogP contribution in [0.5, 0.6) is 0 Å². The molecule has 20 heavy (non-hydrogen) atoms. The van der Waals surface area contributed by atoms with E-state index in [0.717, 1.165) is 0 Å². The fourth-order valence-corrected chi connectivity index (χ4v) is 2.04. The predicted octanol–water partition coefficient (Wildman–Crippen LogP) is 2.11. The van der Waals surface area contributed by atoms with Gasteiger partial charge in [0, 0.05) is 25.2 Å². The van der Waals surface area contributed by atoms with Crippen LogP contribution in [0, 0.1) is 5.82 Å². The van der Waals surface area contributed by atoms with Gasteiger partial charge in [-0.05, 0) is 13.0 Å². The molecule has 0 unspecified atom stereocenters. The van der Waals surface area contributed by atoms with Gasteiger partial charge in [-0.2, -0.15) is 5.10 Å². The van der Waals surface area contributed by atoms with Gasteiger partial charge in [0.15, 0.2) is 0 Å². The highest BCUT2D eigenvalue weighted by atomic mass is 19.1. The molecule has 1 heterocycles. The average Bonchev–Trinajstić information content (AvgIpc) is 2.78. The Labute approximate surface area is 116 Å². The van der Waals surface area contributed by atoms with Crippen molar-refractivity contribution in [3.05, 3.63) is 53.1 Å². The van der Waals surface area contributed by atoms with Crippen LogP contribution in [0.3, 0.4) is 0 Å². The minimum absolute atomic E-state index is 0.153. The molecule has 2 rings (SSSR count). The maximum absolute atomic E-state index is 13.6. The first-order chi connectivity index (χ1) is 9.50. The molecule has 106 valence electrons. The first-order valence-electron chi connectivity index (χ1n) is 6.22. The van der Waals surface area contributed by atoms with Gasteiger partial charge in [-0.1, -0.05) is 18.2 Å². The van der Waals surface area contributed by atoms with Gasteiger partial charge < -0.3 is 10.4 Å². The van der Waals surface area contributed by atoms with Gasteiger partial charge in [0.1, 0.15) is 11.4 Å². The average molecular weight is 277 g/mol. The summed E-state index contributed by atoms with van der Waals surface area (Å²) in [6.45, 7) is 2.13. The number of halogens is 1. The second-order valence-electron chi connectivity index (χ2n) is 4.56. The Kier molecular flexibility index (Phi) is 4.14. The van der Waals surface area contributed by atoms with Gasteiger partial charge >= 0.3 is 5.97 Å². The van der Waals surface area contributed by atoms with Gasteiger partial charge in [-0.15, -0.1) is 0 Å². The molecule has 0 aliphatic carbocycles. The van der Waals surface area contributed by atoms with E-state index in [9.17, 15) is 9.18 Å². The minimum Gasteiger partial charge on any atom is -0.478 e. The van der Waals surface area contributed by atoms with Gasteiger partial charge in [-0.25, -0.2) is 9.18 Å². The van der Waals surface area contributed by atoms with Crippen LogP contribution in [-0.4, -0.2) is 20.9 Å². The molecule has 0 saturated carbocycles. The highest BCUT2D eigenvalue weighted by Crippen LogP contribution is 2.17. The predicted molar refractivity (Wildman–Crippen MR) is 71.8 cm³/mol. The fourth-order valence-electron chi connectivity index (χ4n) is 2.04. The number of aromatic carboxylic acids is 1. The highest BCUT2D eigenvalue weighted by molar-refractivity contribution is 5.88. The molecule has 0 bridgehead atoms. The van der Waals surface area contributed by atoms with Crippen molar-refractivity contribution in [1.29, 1.82) is 0 Å². The molecular formula is C14H16FN3O2. The van der Waals surface area contributed by atoms with Crippen LogP contribution in [-0.2, 0) is 13.6 Å². The molecule has 0 saturated heterocycles. The van der Waals surface area contributed by atoms with E-state index in [2.05, 4.69) is 10.4 Å². The number of carboxylic acid groups (broad SMARTS) is 1. The zero-order valence-electron chi connectivity index (χ0n) is 11.3. The van der Waals surface area contributed by atoms with Crippen molar-refractivity contribution >= 4 is 5.97 Å². The summed E-state index contributed by atoms with van der Waals surface area (Å²) in [4.78, 5) is 11.1. The first kappa shape index (κ1) is 14.2. The van der Waals surface area contributed by atoms with Crippen LogP contribution >= 0.6 is 0 Å². The van der Waals surface area contributed by atoms with Crippen molar-refractivity contribution in [2.45, 2.75) is 19.5 Å². The summed E-state index contributed by atoms with van der Waals surface area (Å²) in [6.07, 6.45) is 1.31. The molecule has 0 radical (unpaired) electrons. The number of benzene rings is 1. The monoisotopic (exact) mass is 277 g/mol. The molecule has 0 amide bonds. The Hall–Kier alpha value is -2.21.